The fourth-order valence-corrected chi connectivity index (χ4v) is 2.28. The van der Waals surface area contributed by atoms with E-state index in [1.807, 2.05) is 0 Å². The molecule has 2 rings (SSSR count). The van der Waals surface area contributed by atoms with Crippen LogP contribution in [0, 0.1) is 11.6 Å². The molecule has 0 aliphatic carbocycles. The Balaban J connectivity index is 2.45. The van der Waals surface area contributed by atoms with Crippen molar-refractivity contribution in [1.82, 2.24) is 5.32 Å². The Morgan fingerprint density at radius 2 is 1.72 bits per heavy atom. The molecule has 2 aromatic rings. The number of rotatable bonds is 3. The summed E-state index contributed by atoms with van der Waals surface area (Å²) >= 11 is 3.16. The molecule has 0 amide bonds. The number of halogens is 3. The summed E-state index contributed by atoms with van der Waals surface area (Å²) in [6, 6.07) is 10.9. The van der Waals surface area contributed by atoms with Crippen LogP contribution in [0.25, 0.3) is 0 Å². The molecule has 94 valence electrons. The lowest BCUT2D eigenvalue weighted by atomic mass is 9.98. The molecule has 0 aliphatic heterocycles. The monoisotopic (exact) mass is 311 g/mol. The van der Waals surface area contributed by atoms with E-state index in [2.05, 4.69) is 21.2 Å². The molecule has 0 radical (unpaired) electrons. The Hall–Kier alpha value is -1.26. The molecule has 0 heterocycles. The van der Waals surface area contributed by atoms with Crippen molar-refractivity contribution in [2.24, 2.45) is 0 Å². The molecular weight excluding hydrogens is 300 g/mol. The Kier molecular flexibility index (Phi) is 4.09. The van der Waals surface area contributed by atoms with Crippen LogP contribution < -0.4 is 5.32 Å². The van der Waals surface area contributed by atoms with Gasteiger partial charge in [-0.15, -0.1) is 0 Å². The van der Waals surface area contributed by atoms with Gasteiger partial charge in [0.25, 0.3) is 0 Å². The fraction of sp³-hybridized carbons (Fsp3) is 0.143. The van der Waals surface area contributed by atoms with Crippen molar-refractivity contribution in [3.05, 3.63) is 69.7 Å². The molecule has 0 bridgehead atoms. The van der Waals surface area contributed by atoms with E-state index in [-0.39, 0.29) is 17.7 Å². The largest absolute Gasteiger partial charge is 0.309 e. The smallest absolute Gasteiger partial charge is 0.142 e. The van der Waals surface area contributed by atoms with E-state index in [4.69, 9.17) is 0 Å². The van der Waals surface area contributed by atoms with Gasteiger partial charge in [-0.25, -0.2) is 8.78 Å². The molecule has 4 heteroatoms. The van der Waals surface area contributed by atoms with Gasteiger partial charge in [0, 0.05) is 5.56 Å². The van der Waals surface area contributed by atoms with Crippen LogP contribution in [-0.2, 0) is 0 Å². The van der Waals surface area contributed by atoms with Crippen molar-refractivity contribution < 1.29 is 8.78 Å². The molecule has 1 unspecified atom stereocenters. The first kappa shape index (κ1) is 13.2. The second kappa shape index (κ2) is 5.59. The van der Waals surface area contributed by atoms with Crippen LogP contribution in [0.2, 0.25) is 0 Å². The summed E-state index contributed by atoms with van der Waals surface area (Å²) in [5, 5.41) is 3.04. The highest BCUT2D eigenvalue weighted by Crippen LogP contribution is 2.28. The molecule has 18 heavy (non-hydrogen) atoms. The number of hydrogen-bond acceptors (Lipinski definition) is 1. The third kappa shape index (κ3) is 2.60. The van der Waals surface area contributed by atoms with Crippen LogP contribution in [0.4, 0.5) is 8.78 Å². The lowest BCUT2D eigenvalue weighted by molar-refractivity contribution is 0.569. The Bertz CT molecular complexity index is 540. The normalized spacial score (nSPS) is 12.4. The van der Waals surface area contributed by atoms with Crippen LogP contribution >= 0.6 is 15.9 Å². The summed E-state index contributed by atoms with van der Waals surface area (Å²) in [5.74, 6) is -0.607. The summed E-state index contributed by atoms with van der Waals surface area (Å²) in [6.07, 6.45) is 0. The zero-order valence-corrected chi connectivity index (χ0v) is 11.3. The lowest BCUT2D eigenvalue weighted by Gasteiger charge is -2.18. The van der Waals surface area contributed by atoms with Crippen LogP contribution in [0.5, 0.6) is 0 Å². The average molecular weight is 312 g/mol. The van der Waals surface area contributed by atoms with Gasteiger partial charge in [-0.05, 0) is 46.7 Å². The number of hydrogen-bond donors (Lipinski definition) is 1. The first-order valence-electron chi connectivity index (χ1n) is 5.50. The Labute approximate surface area is 113 Å². The SMILES string of the molecule is CNC(c1ccc(F)cc1)c1cccc(Br)c1F. The summed E-state index contributed by atoms with van der Waals surface area (Å²) in [5.41, 5.74) is 1.34. The van der Waals surface area contributed by atoms with E-state index in [0.29, 0.717) is 10.0 Å². The molecule has 0 aliphatic rings. The van der Waals surface area contributed by atoms with Gasteiger partial charge in [-0.1, -0.05) is 24.3 Å². The van der Waals surface area contributed by atoms with Gasteiger partial charge >= 0.3 is 0 Å². The molecule has 0 spiro atoms. The molecule has 0 aromatic heterocycles. The molecule has 0 saturated carbocycles. The average Bonchev–Trinajstić information content (AvgIpc) is 2.37. The van der Waals surface area contributed by atoms with Crippen molar-refractivity contribution >= 4 is 15.9 Å². The van der Waals surface area contributed by atoms with Gasteiger partial charge in [-0.2, -0.15) is 0 Å². The van der Waals surface area contributed by atoms with Gasteiger partial charge < -0.3 is 5.32 Å². The predicted octanol–water partition coefficient (Wildman–Crippen LogP) is 4.04. The minimum Gasteiger partial charge on any atom is -0.309 e. The summed E-state index contributed by atoms with van der Waals surface area (Å²) in [4.78, 5) is 0. The Morgan fingerprint density at radius 3 is 2.33 bits per heavy atom. The van der Waals surface area contributed by atoms with Crippen LogP contribution in [0.1, 0.15) is 17.2 Å². The van der Waals surface area contributed by atoms with Gasteiger partial charge in [0.15, 0.2) is 0 Å². The molecule has 1 nitrogen and oxygen atoms in total. The third-order valence-corrected chi connectivity index (χ3v) is 3.40. The van der Waals surface area contributed by atoms with Crippen LogP contribution in [0.3, 0.4) is 0 Å². The quantitative estimate of drug-likeness (QED) is 0.902. The molecule has 1 N–H and O–H groups in total. The van der Waals surface area contributed by atoms with Crippen molar-refractivity contribution in [2.75, 3.05) is 7.05 Å². The van der Waals surface area contributed by atoms with Gasteiger partial charge in [0.2, 0.25) is 0 Å². The standard InChI is InChI=1S/C14H12BrF2N/c1-18-14(9-5-7-10(16)8-6-9)11-3-2-4-12(15)13(11)17/h2-8,14,18H,1H3. The van der Waals surface area contributed by atoms with Crippen molar-refractivity contribution in [3.8, 4) is 0 Å². The van der Waals surface area contributed by atoms with E-state index in [9.17, 15) is 8.78 Å². The third-order valence-electron chi connectivity index (χ3n) is 2.78. The zero-order valence-electron chi connectivity index (χ0n) is 9.75. The van der Waals surface area contributed by atoms with Crippen LogP contribution in [0.15, 0.2) is 46.9 Å². The maximum atomic E-state index is 14.0. The zero-order chi connectivity index (χ0) is 13.1. The topological polar surface area (TPSA) is 12.0 Å². The van der Waals surface area contributed by atoms with Crippen molar-refractivity contribution in [2.45, 2.75) is 6.04 Å². The molecule has 1 atom stereocenters. The van der Waals surface area contributed by atoms with E-state index >= 15 is 0 Å². The van der Waals surface area contributed by atoms with E-state index in [0.717, 1.165) is 5.56 Å². The molecule has 0 fully saturated rings. The van der Waals surface area contributed by atoms with Crippen LogP contribution in [-0.4, -0.2) is 7.05 Å². The van der Waals surface area contributed by atoms with E-state index in [1.165, 1.54) is 12.1 Å². The summed E-state index contributed by atoms with van der Waals surface area (Å²) in [6.45, 7) is 0. The summed E-state index contributed by atoms with van der Waals surface area (Å²) in [7, 11) is 1.74. The second-order valence-electron chi connectivity index (χ2n) is 3.92. The number of benzene rings is 2. The molecular formula is C14H12BrF2N. The van der Waals surface area contributed by atoms with Crippen molar-refractivity contribution in [1.29, 1.82) is 0 Å². The van der Waals surface area contributed by atoms with Gasteiger partial charge in [0.1, 0.15) is 11.6 Å². The van der Waals surface area contributed by atoms with Gasteiger partial charge in [-0.3, -0.25) is 0 Å². The minimum absolute atomic E-state index is 0.302. The van der Waals surface area contributed by atoms with Crippen molar-refractivity contribution in [3.63, 3.8) is 0 Å². The van der Waals surface area contributed by atoms with Gasteiger partial charge in [0.05, 0.1) is 10.5 Å². The van der Waals surface area contributed by atoms with E-state index in [1.54, 1.807) is 37.4 Å². The maximum absolute atomic E-state index is 14.0. The first-order chi connectivity index (χ1) is 8.63. The predicted molar refractivity (Wildman–Crippen MR) is 71.4 cm³/mol. The summed E-state index contributed by atoms with van der Waals surface area (Å²) < 4.78 is 27.4. The highest BCUT2D eigenvalue weighted by Gasteiger charge is 2.17. The fourth-order valence-electron chi connectivity index (χ4n) is 1.90. The minimum atomic E-state index is -0.304. The number of nitrogens with one attached hydrogen (secondary N) is 1. The Morgan fingerprint density at radius 1 is 1.06 bits per heavy atom. The highest BCUT2D eigenvalue weighted by atomic mass is 79.9. The highest BCUT2D eigenvalue weighted by molar-refractivity contribution is 9.10. The molecule has 0 saturated heterocycles. The molecule has 2 aromatic carbocycles. The maximum Gasteiger partial charge on any atom is 0.142 e. The lowest BCUT2D eigenvalue weighted by Crippen LogP contribution is -2.19. The first-order valence-corrected chi connectivity index (χ1v) is 6.29. The van der Waals surface area contributed by atoms with E-state index < -0.39 is 0 Å². The second-order valence-corrected chi connectivity index (χ2v) is 4.77.